The van der Waals surface area contributed by atoms with Crippen LogP contribution in [-0.2, 0) is 22.9 Å². The summed E-state index contributed by atoms with van der Waals surface area (Å²) >= 11 is 0. The van der Waals surface area contributed by atoms with Crippen LogP contribution >= 0.6 is 12.4 Å². The van der Waals surface area contributed by atoms with Gasteiger partial charge in [-0.15, -0.1) is 12.4 Å². The summed E-state index contributed by atoms with van der Waals surface area (Å²) in [6, 6.07) is 5.71. The van der Waals surface area contributed by atoms with Gasteiger partial charge < -0.3 is 5.32 Å². The Morgan fingerprint density at radius 1 is 1.19 bits per heavy atom. The molecule has 118 valence electrons. The van der Waals surface area contributed by atoms with Crippen molar-refractivity contribution in [2.45, 2.75) is 43.5 Å². The molecule has 0 aromatic heterocycles. The van der Waals surface area contributed by atoms with Crippen molar-refractivity contribution in [1.29, 1.82) is 0 Å². The Labute approximate surface area is 133 Å². The van der Waals surface area contributed by atoms with Crippen molar-refractivity contribution in [3.8, 4) is 0 Å². The molecule has 1 N–H and O–H groups in total. The molecule has 0 spiro atoms. The van der Waals surface area contributed by atoms with E-state index in [9.17, 15) is 8.42 Å². The first-order valence-corrected chi connectivity index (χ1v) is 8.87. The number of halogens is 1. The highest BCUT2D eigenvalue weighted by molar-refractivity contribution is 7.89. The highest BCUT2D eigenvalue weighted by Gasteiger charge is 2.31. The zero-order chi connectivity index (χ0) is 14.2. The Bertz CT molecular complexity index is 604. The van der Waals surface area contributed by atoms with Gasteiger partial charge in [-0.05, 0) is 55.9 Å². The summed E-state index contributed by atoms with van der Waals surface area (Å²) in [7, 11) is -3.35. The maximum absolute atomic E-state index is 12.8. The molecule has 1 aromatic carbocycles. The molecule has 0 bridgehead atoms. The van der Waals surface area contributed by atoms with Gasteiger partial charge in [-0.25, -0.2) is 8.42 Å². The van der Waals surface area contributed by atoms with Gasteiger partial charge in [0.1, 0.15) is 0 Å². The molecule has 0 radical (unpaired) electrons. The number of piperazine rings is 1. The maximum Gasteiger partial charge on any atom is 0.243 e. The molecular weight excluding hydrogens is 308 g/mol. The fourth-order valence-corrected chi connectivity index (χ4v) is 4.87. The van der Waals surface area contributed by atoms with Gasteiger partial charge in [0, 0.05) is 25.7 Å². The second kappa shape index (κ2) is 6.65. The van der Waals surface area contributed by atoms with E-state index in [0.29, 0.717) is 11.4 Å². The second-order valence-electron chi connectivity index (χ2n) is 5.81. The molecule has 1 aliphatic heterocycles. The number of hydrogen-bond acceptors (Lipinski definition) is 3. The molecule has 1 aliphatic carbocycles. The van der Waals surface area contributed by atoms with Gasteiger partial charge in [-0.2, -0.15) is 4.31 Å². The van der Waals surface area contributed by atoms with Crippen LogP contribution in [0.3, 0.4) is 0 Å². The lowest BCUT2D eigenvalue weighted by Crippen LogP contribution is -2.52. The van der Waals surface area contributed by atoms with Crippen LogP contribution in [0, 0.1) is 0 Å². The summed E-state index contributed by atoms with van der Waals surface area (Å²) in [6.07, 6.45) is 4.48. The molecule has 4 nitrogen and oxygen atoms in total. The van der Waals surface area contributed by atoms with E-state index in [0.717, 1.165) is 25.9 Å². The van der Waals surface area contributed by atoms with Crippen molar-refractivity contribution in [2.24, 2.45) is 0 Å². The monoisotopic (exact) mass is 330 g/mol. The lowest BCUT2D eigenvalue weighted by molar-refractivity contribution is 0.284. The van der Waals surface area contributed by atoms with Crippen LogP contribution in [0.15, 0.2) is 23.1 Å². The zero-order valence-electron chi connectivity index (χ0n) is 12.3. The average Bonchev–Trinajstić information content (AvgIpc) is 2.47. The quantitative estimate of drug-likeness (QED) is 0.902. The molecule has 1 saturated heterocycles. The van der Waals surface area contributed by atoms with Crippen LogP contribution in [0.5, 0.6) is 0 Å². The van der Waals surface area contributed by atoms with Gasteiger partial charge in [0.15, 0.2) is 0 Å². The standard InChI is InChI=1S/C15H22N2O2S.ClH/c1-12-11-16-8-9-17(12)20(18,19)15-7-6-13-4-2-3-5-14(13)10-15;/h6-7,10,12,16H,2-5,8-9,11H2,1H3;1H. The number of rotatable bonds is 2. The van der Waals surface area contributed by atoms with E-state index in [1.165, 1.54) is 24.0 Å². The number of nitrogens with zero attached hydrogens (tertiary/aromatic N) is 1. The highest BCUT2D eigenvalue weighted by atomic mass is 35.5. The second-order valence-corrected chi connectivity index (χ2v) is 7.70. The number of fused-ring (bicyclic) bond motifs is 1. The normalized spacial score (nSPS) is 23.2. The first-order valence-electron chi connectivity index (χ1n) is 7.43. The first kappa shape index (κ1) is 16.7. The lowest BCUT2D eigenvalue weighted by atomic mass is 9.92. The number of sulfonamides is 1. The van der Waals surface area contributed by atoms with Crippen molar-refractivity contribution in [3.63, 3.8) is 0 Å². The number of aryl methyl sites for hydroxylation is 2. The van der Waals surface area contributed by atoms with Gasteiger partial charge in [0.25, 0.3) is 0 Å². The van der Waals surface area contributed by atoms with Crippen LogP contribution in [0.4, 0.5) is 0 Å². The highest BCUT2D eigenvalue weighted by Crippen LogP contribution is 2.26. The summed E-state index contributed by atoms with van der Waals surface area (Å²) in [5.41, 5.74) is 2.55. The largest absolute Gasteiger partial charge is 0.314 e. The van der Waals surface area contributed by atoms with Crippen LogP contribution in [0.2, 0.25) is 0 Å². The number of nitrogens with one attached hydrogen (secondary N) is 1. The van der Waals surface area contributed by atoms with Crippen molar-refractivity contribution in [2.75, 3.05) is 19.6 Å². The third-order valence-electron chi connectivity index (χ3n) is 4.37. The van der Waals surface area contributed by atoms with E-state index in [4.69, 9.17) is 0 Å². The first-order chi connectivity index (χ1) is 9.59. The third-order valence-corrected chi connectivity index (χ3v) is 6.38. The van der Waals surface area contributed by atoms with Crippen molar-refractivity contribution < 1.29 is 8.42 Å². The minimum absolute atomic E-state index is 0. The molecule has 1 fully saturated rings. The molecule has 6 heteroatoms. The predicted octanol–water partition coefficient (Wildman–Crippen LogP) is 1.97. The van der Waals surface area contributed by atoms with Crippen LogP contribution in [-0.4, -0.2) is 38.4 Å². The van der Waals surface area contributed by atoms with Gasteiger partial charge in [0.2, 0.25) is 10.0 Å². The van der Waals surface area contributed by atoms with Gasteiger partial charge in [-0.3, -0.25) is 0 Å². The summed E-state index contributed by atoms with van der Waals surface area (Å²) in [5.74, 6) is 0. The Morgan fingerprint density at radius 3 is 2.62 bits per heavy atom. The predicted molar refractivity (Wildman–Crippen MR) is 86.6 cm³/mol. The third kappa shape index (κ3) is 3.26. The molecule has 1 aromatic rings. The van der Waals surface area contributed by atoms with Gasteiger partial charge >= 0.3 is 0 Å². The van der Waals surface area contributed by atoms with Crippen LogP contribution < -0.4 is 5.32 Å². The van der Waals surface area contributed by atoms with Gasteiger partial charge in [-0.1, -0.05) is 6.07 Å². The molecule has 0 saturated carbocycles. The smallest absolute Gasteiger partial charge is 0.243 e. The van der Waals surface area contributed by atoms with E-state index < -0.39 is 10.0 Å². The van der Waals surface area contributed by atoms with E-state index in [-0.39, 0.29) is 18.4 Å². The van der Waals surface area contributed by atoms with Crippen molar-refractivity contribution in [3.05, 3.63) is 29.3 Å². The molecule has 2 aliphatic rings. The molecule has 21 heavy (non-hydrogen) atoms. The average molecular weight is 331 g/mol. The lowest BCUT2D eigenvalue weighted by Gasteiger charge is -2.33. The van der Waals surface area contributed by atoms with Crippen LogP contribution in [0.1, 0.15) is 30.9 Å². The minimum atomic E-state index is -3.35. The van der Waals surface area contributed by atoms with E-state index in [2.05, 4.69) is 5.32 Å². The Hall–Kier alpha value is -0.620. The number of benzene rings is 1. The molecule has 1 unspecified atom stereocenters. The van der Waals surface area contributed by atoms with E-state index in [1.54, 1.807) is 10.4 Å². The minimum Gasteiger partial charge on any atom is -0.314 e. The van der Waals surface area contributed by atoms with Crippen molar-refractivity contribution >= 4 is 22.4 Å². The summed E-state index contributed by atoms with van der Waals surface area (Å²) < 4.78 is 27.2. The zero-order valence-corrected chi connectivity index (χ0v) is 14.0. The fourth-order valence-electron chi connectivity index (χ4n) is 3.19. The summed E-state index contributed by atoms with van der Waals surface area (Å²) in [6.45, 7) is 3.97. The van der Waals surface area contributed by atoms with E-state index >= 15 is 0 Å². The Morgan fingerprint density at radius 2 is 1.90 bits per heavy atom. The summed E-state index contributed by atoms with van der Waals surface area (Å²) in [5, 5.41) is 3.23. The number of hydrogen-bond donors (Lipinski definition) is 1. The Balaban J connectivity index is 0.00000161. The molecule has 1 heterocycles. The molecule has 1 atom stereocenters. The SMILES string of the molecule is CC1CNCCN1S(=O)(=O)c1ccc2c(c1)CCCC2.Cl. The van der Waals surface area contributed by atoms with E-state index in [1.807, 2.05) is 19.1 Å². The fraction of sp³-hybridized carbons (Fsp3) is 0.600. The van der Waals surface area contributed by atoms with Gasteiger partial charge in [0.05, 0.1) is 4.90 Å². The molecule has 0 amide bonds. The Kier molecular flexibility index (Phi) is 5.30. The van der Waals surface area contributed by atoms with Crippen LogP contribution in [0.25, 0.3) is 0 Å². The van der Waals surface area contributed by atoms with Crippen molar-refractivity contribution in [1.82, 2.24) is 9.62 Å². The molecular formula is C15H23ClN2O2S. The topological polar surface area (TPSA) is 49.4 Å². The molecule has 3 rings (SSSR count). The summed E-state index contributed by atoms with van der Waals surface area (Å²) in [4.78, 5) is 0.465. The maximum atomic E-state index is 12.8.